The van der Waals surface area contributed by atoms with Gasteiger partial charge in [0.25, 0.3) is 0 Å². The summed E-state index contributed by atoms with van der Waals surface area (Å²) in [5.41, 5.74) is 0.0650. The van der Waals surface area contributed by atoms with Gasteiger partial charge in [0.15, 0.2) is 0 Å². The highest BCUT2D eigenvalue weighted by Crippen LogP contribution is 2.29. The molecule has 0 aliphatic carbocycles. The standard InChI is InChI=1S/C15H20ClNO3/c1-15(2,11-7-3-4-8-12(11)16)14(20)17-10-6-5-9-13(18)19/h3-4,7-8H,5-6,9-10H2,1-2H3,(H,17,20)(H,18,19). The van der Waals surface area contributed by atoms with Crippen LogP contribution in [0, 0.1) is 0 Å². The Kier molecular flexibility index (Phi) is 6.02. The first-order valence-corrected chi connectivity index (χ1v) is 6.98. The third-order valence-electron chi connectivity index (χ3n) is 3.22. The van der Waals surface area contributed by atoms with E-state index >= 15 is 0 Å². The summed E-state index contributed by atoms with van der Waals surface area (Å²) in [5.74, 6) is -0.923. The van der Waals surface area contributed by atoms with Gasteiger partial charge < -0.3 is 10.4 Å². The fraction of sp³-hybridized carbons (Fsp3) is 0.467. The Morgan fingerprint density at radius 1 is 1.25 bits per heavy atom. The highest BCUT2D eigenvalue weighted by Gasteiger charge is 2.31. The molecule has 5 heteroatoms. The summed E-state index contributed by atoms with van der Waals surface area (Å²) in [7, 11) is 0. The summed E-state index contributed by atoms with van der Waals surface area (Å²) in [4.78, 5) is 22.6. The first-order chi connectivity index (χ1) is 9.35. The highest BCUT2D eigenvalue weighted by molar-refractivity contribution is 6.31. The van der Waals surface area contributed by atoms with Crippen LogP contribution in [-0.4, -0.2) is 23.5 Å². The van der Waals surface area contributed by atoms with Gasteiger partial charge in [0.2, 0.25) is 5.91 Å². The molecule has 0 aliphatic rings. The van der Waals surface area contributed by atoms with Crippen molar-refractivity contribution in [1.82, 2.24) is 5.32 Å². The first-order valence-electron chi connectivity index (χ1n) is 6.61. The van der Waals surface area contributed by atoms with E-state index in [1.54, 1.807) is 6.07 Å². The van der Waals surface area contributed by atoms with Crippen molar-refractivity contribution in [2.45, 2.75) is 38.5 Å². The summed E-state index contributed by atoms with van der Waals surface area (Å²) in [6.07, 6.45) is 1.34. The van der Waals surface area contributed by atoms with Gasteiger partial charge >= 0.3 is 5.97 Å². The highest BCUT2D eigenvalue weighted by atomic mass is 35.5. The van der Waals surface area contributed by atoms with Crippen molar-refractivity contribution in [1.29, 1.82) is 0 Å². The van der Waals surface area contributed by atoms with Gasteiger partial charge in [-0.2, -0.15) is 0 Å². The molecule has 1 amide bonds. The van der Waals surface area contributed by atoms with E-state index in [0.717, 1.165) is 5.56 Å². The summed E-state index contributed by atoms with van der Waals surface area (Å²) in [6.45, 7) is 4.11. The Labute approximate surface area is 124 Å². The van der Waals surface area contributed by atoms with Crippen molar-refractivity contribution in [3.05, 3.63) is 34.9 Å². The molecule has 0 fully saturated rings. The van der Waals surface area contributed by atoms with Crippen LogP contribution in [0.25, 0.3) is 0 Å². The summed E-state index contributed by atoms with van der Waals surface area (Å²) < 4.78 is 0. The molecule has 0 atom stereocenters. The van der Waals surface area contributed by atoms with Crippen molar-refractivity contribution >= 4 is 23.5 Å². The number of hydrogen-bond acceptors (Lipinski definition) is 2. The number of amides is 1. The van der Waals surface area contributed by atoms with Gasteiger partial charge in [-0.25, -0.2) is 0 Å². The molecule has 0 aliphatic heterocycles. The molecule has 0 radical (unpaired) electrons. The van der Waals surface area contributed by atoms with Gasteiger partial charge in [-0.05, 0) is 38.3 Å². The van der Waals surface area contributed by atoms with E-state index in [1.165, 1.54) is 0 Å². The molecule has 0 aromatic heterocycles. The molecule has 0 heterocycles. The van der Waals surface area contributed by atoms with Crippen LogP contribution < -0.4 is 5.32 Å². The molecule has 2 N–H and O–H groups in total. The summed E-state index contributed by atoms with van der Waals surface area (Å²) in [6, 6.07) is 7.28. The average molecular weight is 298 g/mol. The Bertz CT molecular complexity index is 486. The predicted octanol–water partition coefficient (Wildman–Crippen LogP) is 2.99. The van der Waals surface area contributed by atoms with Crippen molar-refractivity contribution < 1.29 is 14.7 Å². The molecule has 20 heavy (non-hydrogen) atoms. The number of hydrogen-bond donors (Lipinski definition) is 2. The van der Waals surface area contributed by atoms with E-state index < -0.39 is 11.4 Å². The SMILES string of the molecule is CC(C)(C(=O)NCCCCC(=O)O)c1ccccc1Cl. The van der Waals surface area contributed by atoms with Crippen molar-refractivity contribution in [3.63, 3.8) is 0 Å². The van der Waals surface area contributed by atoms with Crippen LogP contribution in [0.1, 0.15) is 38.7 Å². The third kappa shape index (κ3) is 4.53. The normalized spacial score (nSPS) is 11.2. The zero-order valence-electron chi connectivity index (χ0n) is 11.8. The largest absolute Gasteiger partial charge is 0.481 e. The number of aliphatic carboxylic acids is 1. The van der Waals surface area contributed by atoms with Crippen molar-refractivity contribution in [2.24, 2.45) is 0 Å². The van der Waals surface area contributed by atoms with Crippen LogP contribution in [0.15, 0.2) is 24.3 Å². The van der Waals surface area contributed by atoms with Crippen LogP contribution in [0.4, 0.5) is 0 Å². The van der Waals surface area contributed by atoms with Gasteiger partial charge in [0, 0.05) is 18.0 Å². The average Bonchev–Trinajstić information content (AvgIpc) is 2.38. The Hall–Kier alpha value is -1.55. The van der Waals surface area contributed by atoms with Crippen LogP contribution in [0.3, 0.4) is 0 Å². The van der Waals surface area contributed by atoms with E-state index in [2.05, 4.69) is 5.32 Å². The van der Waals surface area contributed by atoms with Gasteiger partial charge in [-0.15, -0.1) is 0 Å². The second-order valence-corrected chi connectivity index (χ2v) is 5.62. The zero-order valence-corrected chi connectivity index (χ0v) is 12.5. The molecule has 1 rings (SSSR count). The van der Waals surface area contributed by atoms with Crippen molar-refractivity contribution in [3.8, 4) is 0 Å². The maximum atomic E-state index is 12.2. The van der Waals surface area contributed by atoms with Gasteiger partial charge in [0.1, 0.15) is 0 Å². The quantitative estimate of drug-likeness (QED) is 0.760. The molecule has 1 aromatic rings. The number of carboxylic acids is 1. The Balaban J connectivity index is 2.53. The smallest absolute Gasteiger partial charge is 0.303 e. The number of carboxylic acid groups (broad SMARTS) is 1. The second-order valence-electron chi connectivity index (χ2n) is 5.21. The molecule has 4 nitrogen and oxygen atoms in total. The van der Waals surface area contributed by atoms with Crippen molar-refractivity contribution in [2.75, 3.05) is 6.54 Å². The molecule has 0 bridgehead atoms. The number of carbonyl (C=O) groups is 2. The monoisotopic (exact) mass is 297 g/mol. The summed E-state index contributed by atoms with van der Waals surface area (Å²) in [5, 5.41) is 11.9. The van der Waals surface area contributed by atoms with E-state index in [4.69, 9.17) is 16.7 Å². The second kappa shape index (κ2) is 7.29. The zero-order chi connectivity index (χ0) is 15.2. The minimum atomic E-state index is -0.812. The van der Waals surface area contributed by atoms with E-state index in [0.29, 0.717) is 24.4 Å². The number of nitrogens with one attached hydrogen (secondary N) is 1. The van der Waals surface area contributed by atoms with Crippen LogP contribution in [0.2, 0.25) is 5.02 Å². The number of rotatable bonds is 7. The lowest BCUT2D eigenvalue weighted by atomic mass is 9.83. The number of benzene rings is 1. The fourth-order valence-corrected chi connectivity index (χ4v) is 2.29. The van der Waals surface area contributed by atoms with Gasteiger partial charge in [0.05, 0.1) is 5.41 Å². The number of halogens is 1. The van der Waals surface area contributed by atoms with Gasteiger partial charge in [-0.1, -0.05) is 29.8 Å². The molecular formula is C15H20ClNO3. The lowest BCUT2D eigenvalue weighted by Gasteiger charge is -2.25. The molecule has 0 unspecified atom stereocenters. The third-order valence-corrected chi connectivity index (χ3v) is 3.55. The van der Waals surface area contributed by atoms with E-state index in [-0.39, 0.29) is 12.3 Å². The number of carbonyl (C=O) groups excluding carboxylic acids is 1. The lowest BCUT2D eigenvalue weighted by molar-refractivity contribution is -0.137. The molecule has 0 spiro atoms. The lowest BCUT2D eigenvalue weighted by Crippen LogP contribution is -2.40. The van der Waals surface area contributed by atoms with E-state index in [9.17, 15) is 9.59 Å². The molecule has 110 valence electrons. The summed E-state index contributed by atoms with van der Waals surface area (Å²) >= 11 is 6.13. The van der Waals surface area contributed by atoms with E-state index in [1.807, 2.05) is 32.0 Å². The molecule has 0 saturated carbocycles. The van der Waals surface area contributed by atoms with Crippen LogP contribution in [-0.2, 0) is 15.0 Å². The maximum absolute atomic E-state index is 12.2. The first kappa shape index (κ1) is 16.5. The van der Waals surface area contributed by atoms with Gasteiger partial charge in [-0.3, -0.25) is 9.59 Å². The topological polar surface area (TPSA) is 66.4 Å². The molecular weight excluding hydrogens is 278 g/mol. The minimum Gasteiger partial charge on any atom is -0.481 e. The predicted molar refractivity (Wildman–Crippen MR) is 79.0 cm³/mol. The molecule has 1 aromatic carbocycles. The maximum Gasteiger partial charge on any atom is 0.303 e. The number of unbranched alkanes of at least 4 members (excludes halogenated alkanes) is 1. The fourth-order valence-electron chi connectivity index (χ4n) is 1.91. The molecule has 0 saturated heterocycles. The van der Waals surface area contributed by atoms with Crippen LogP contribution >= 0.6 is 11.6 Å². The minimum absolute atomic E-state index is 0.110. The van der Waals surface area contributed by atoms with Crippen LogP contribution in [0.5, 0.6) is 0 Å². The Morgan fingerprint density at radius 3 is 2.50 bits per heavy atom. The Morgan fingerprint density at radius 2 is 1.90 bits per heavy atom.